The molecule has 5 nitrogen and oxygen atoms in total. The van der Waals surface area contributed by atoms with Gasteiger partial charge in [0.05, 0.1) is 12.3 Å². The Balaban J connectivity index is 1.77. The van der Waals surface area contributed by atoms with Gasteiger partial charge in [0.15, 0.2) is 5.69 Å². The van der Waals surface area contributed by atoms with Gasteiger partial charge in [0, 0.05) is 29.7 Å². The van der Waals surface area contributed by atoms with E-state index in [2.05, 4.69) is 40.2 Å². The number of aromatic nitrogens is 2. The van der Waals surface area contributed by atoms with Crippen LogP contribution in [0.4, 0.5) is 5.69 Å². The first-order chi connectivity index (χ1) is 14.3. The number of ether oxygens (including phenoxy) is 1. The number of esters is 1. The molecule has 0 spiro atoms. The maximum Gasteiger partial charge on any atom is 0.356 e. The predicted molar refractivity (Wildman–Crippen MR) is 115 cm³/mol. The molecule has 1 aromatic carbocycles. The molecule has 0 amide bonds. The zero-order valence-corrected chi connectivity index (χ0v) is 16.9. The van der Waals surface area contributed by atoms with Gasteiger partial charge in [0.1, 0.15) is 5.65 Å². The van der Waals surface area contributed by atoms with Crippen LogP contribution in [0, 0.1) is 0 Å². The SMILES string of the molecule is CCOC(=O)c1ccc2c(C3CCCCC3)c3n(c2n1)CCNc1ccccc1-3. The largest absolute Gasteiger partial charge is 0.461 e. The van der Waals surface area contributed by atoms with Crippen molar-refractivity contribution in [3.8, 4) is 11.3 Å². The third kappa shape index (κ3) is 3.09. The van der Waals surface area contributed by atoms with Gasteiger partial charge in [-0.25, -0.2) is 9.78 Å². The van der Waals surface area contributed by atoms with Crippen molar-refractivity contribution in [2.24, 2.45) is 0 Å². The average Bonchev–Trinajstić information content (AvgIpc) is 2.95. The Hall–Kier alpha value is -2.82. The van der Waals surface area contributed by atoms with Crippen LogP contribution in [-0.4, -0.2) is 28.7 Å². The van der Waals surface area contributed by atoms with Crippen LogP contribution in [0.5, 0.6) is 0 Å². The molecular formula is C24H27N3O2. The van der Waals surface area contributed by atoms with Crippen LogP contribution < -0.4 is 5.32 Å². The highest BCUT2D eigenvalue weighted by atomic mass is 16.5. The third-order valence-electron chi connectivity index (χ3n) is 6.28. The first kappa shape index (κ1) is 18.2. The lowest BCUT2D eigenvalue weighted by Crippen LogP contribution is -2.10. The van der Waals surface area contributed by atoms with E-state index in [4.69, 9.17) is 9.72 Å². The standard InChI is InChI=1S/C24H27N3O2/c1-2-29-24(28)20-13-12-18-21(16-8-4-3-5-9-16)22-17-10-6-7-11-19(17)25-14-15-27(22)23(18)26-20/h6-7,10-13,16,25H,2-5,8-9,14-15H2,1H3. The topological polar surface area (TPSA) is 56.2 Å². The molecule has 29 heavy (non-hydrogen) atoms. The number of para-hydroxylation sites is 1. The van der Waals surface area contributed by atoms with Crippen LogP contribution >= 0.6 is 0 Å². The van der Waals surface area contributed by atoms with Gasteiger partial charge in [-0.15, -0.1) is 0 Å². The van der Waals surface area contributed by atoms with Gasteiger partial charge >= 0.3 is 5.97 Å². The number of carbonyl (C=O) groups is 1. The lowest BCUT2D eigenvalue weighted by molar-refractivity contribution is 0.0520. The minimum absolute atomic E-state index is 0.351. The highest BCUT2D eigenvalue weighted by Crippen LogP contribution is 2.45. The molecule has 5 rings (SSSR count). The van der Waals surface area contributed by atoms with E-state index in [0.717, 1.165) is 18.7 Å². The fourth-order valence-electron chi connectivity index (χ4n) is 5.02. The van der Waals surface area contributed by atoms with Gasteiger partial charge in [-0.05, 0) is 49.4 Å². The molecule has 0 unspecified atom stereocenters. The Labute approximate surface area is 171 Å². The number of hydrogen-bond acceptors (Lipinski definition) is 4. The maximum atomic E-state index is 12.3. The highest BCUT2D eigenvalue weighted by molar-refractivity contribution is 5.96. The minimum atomic E-state index is -0.351. The number of anilines is 1. The van der Waals surface area contributed by atoms with Crippen LogP contribution in [-0.2, 0) is 11.3 Å². The normalized spacial score (nSPS) is 16.6. The summed E-state index contributed by atoms with van der Waals surface area (Å²) < 4.78 is 7.52. The molecule has 2 aromatic heterocycles. The van der Waals surface area contributed by atoms with E-state index in [9.17, 15) is 4.79 Å². The third-order valence-corrected chi connectivity index (χ3v) is 6.28. The Morgan fingerprint density at radius 3 is 2.83 bits per heavy atom. The molecule has 3 aromatic rings. The van der Waals surface area contributed by atoms with Gasteiger partial charge < -0.3 is 14.6 Å². The average molecular weight is 389 g/mol. The second kappa shape index (κ2) is 7.54. The number of benzene rings is 1. The summed E-state index contributed by atoms with van der Waals surface area (Å²) in [6, 6.07) is 12.5. The van der Waals surface area contributed by atoms with E-state index in [1.165, 1.54) is 60.0 Å². The van der Waals surface area contributed by atoms with Crippen molar-refractivity contribution in [1.82, 2.24) is 9.55 Å². The molecule has 5 heteroatoms. The lowest BCUT2D eigenvalue weighted by atomic mass is 9.82. The van der Waals surface area contributed by atoms with Crippen molar-refractivity contribution in [2.75, 3.05) is 18.5 Å². The van der Waals surface area contributed by atoms with Crippen molar-refractivity contribution in [1.29, 1.82) is 0 Å². The smallest absolute Gasteiger partial charge is 0.356 e. The van der Waals surface area contributed by atoms with Gasteiger partial charge in [0.25, 0.3) is 0 Å². The van der Waals surface area contributed by atoms with E-state index in [0.29, 0.717) is 18.2 Å². The van der Waals surface area contributed by atoms with E-state index >= 15 is 0 Å². The molecule has 0 bridgehead atoms. The van der Waals surface area contributed by atoms with Crippen molar-refractivity contribution in [2.45, 2.75) is 51.5 Å². The molecule has 1 N–H and O–H groups in total. The molecule has 1 aliphatic heterocycles. The second-order valence-electron chi connectivity index (χ2n) is 8.01. The van der Waals surface area contributed by atoms with Crippen LogP contribution in [0.2, 0.25) is 0 Å². The zero-order valence-electron chi connectivity index (χ0n) is 16.9. The number of nitrogens with one attached hydrogen (secondary N) is 1. The van der Waals surface area contributed by atoms with Crippen LogP contribution in [0.15, 0.2) is 36.4 Å². The Morgan fingerprint density at radius 1 is 1.17 bits per heavy atom. The van der Waals surface area contributed by atoms with Crippen molar-refractivity contribution >= 4 is 22.7 Å². The first-order valence-corrected chi connectivity index (χ1v) is 10.8. The second-order valence-corrected chi connectivity index (χ2v) is 8.01. The van der Waals surface area contributed by atoms with Crippen LogP contribution in [0.3, 0.4) is 0 Å². The molecule has 1 aliphatic carbocycles. The molecule has 0 radical (unpaired) electrons. The van der Waals surface area contributed by atoms with Crippen LogP contribution in [0.1, 0.15) is 61.0 Å². The maximum absolute atomic E-state index is 12.3. The lowest BCUT2D eigenvalue weighted by Gasteiger charge is -2.23. The molecule has 1 saturated carbocycles. The number of rotatable bonds is 3. The summed E-state index contributed by atoms with van der Waals surface area (Å²) in [6.07, 6.45) is 6.34. The Kier molecular flexibility index (Phi) is 4.74. The summed E-state index contributed by atoms with van der Waals surface area (Å²) in [5.74, 6) is 0.195. The molecule has 2 aliphatic rings. The van der Waals surface area contributed by atoms with Gasteiger partial charge in [-0.2, -0.15) is 0 Å². The summed E-state index contributed by atoms with van der Waals surface area (Å²) in [7, 11) is 0. The van der Waals surface area contributed by atoms with Crippen molar-refractivity contribution in [3.63, 3.8) is 0 Å². The van der Waals surface area contributed by atoms with Gasteiger partial charge in [-0.1, -0.05) is 37.5 Å². The van der Waals surface area contributed by atoms with E-state index in [1.54, 1.807) is 0 Å². The molecule has 0 saturated heterocycles. The summed E-state index contributed by atoms with van der Waals surface area (Å²) in [6.45, 7) is 3.84. The summed E-state index contributed by atoms with van der Waals surface area (Å²) >= 11 is 0. The van der Waals surface area contributed by atoms with Crippen LogP contribution in [0.25, 0.3) is 22.3 Å². The van der Waals surface area contributed by atoms with Crippen molar-refractivity contribution < 1.29 is 9.53 Å². The summed E-state index contributed by atoms with van der Waals surface area (Å²) in [5.41, 5.74) is 6.41. The molecular weight excluding hydrogens is 362 g/mol. The zero-order chi connectivity index (χ0) is 19.8. The van der Waals surface area contributed by atoms with E-state index in [-0.39, 0.29) is 5.97 Å². The van der Waals surface area contributed by atoms with E-state index in [1.807, 2.05) is 13.0 Å². The van der Waals surface area contributed by atoms with Gasteiger partial charge in [-0.3, -0.25) is 0 Å². The van der Waals surface area contributed by atoms with Crippen molar-refractivity contribution in [3.05, 3.63) is 47.7 Å². The molecule has 0 atom stereocenters. The minimum Gasteiger partial charge on any atom is -0.461 e. The number of hydrogen-bond donors (Lipinski definition) is 1. The van der Waals surface area contributed by atoms with E-state index < -0.39 is 0 Å². The Bertz CT molecular complexity index is 1060. The summed E-state index contributed by atoms with van der Waals surface area (Å²) in [4.78, 5) is 17.1. The highest BCUT2D eigenvalue weighted by Gasteiger charge is 2.29. The number of pyridine rings is 1. The first-order valence-electron chi connectivity index (χ1n) is 10.8. The molecule has 1 fully saturated rings. The monoisotopic (exact) mass is 389 g/mol. The fraction of sp³-hybridized carbons (Fsp3) is 0.417. The quantitative estimate of drug-likeness (QED) is 0.613. The Morgan fingerprint density at radius 2 is 2.00 bits per heavy atom. The fourth-order valence-corrected chi connectivity index (χ4v) is 5.02. The summed E-state index contributed by atoms with van der Waals surface area (Å²) in [5, 5.41) is 4.76. The number of nitrogens with zero attached hydrogens (tertiary/aromatic N) is 2. The predicted octanol–water partition coefficient (Wildman–Crippen LogP) is 5.35. The number of fused-ring (bicyclic) bond motifs is 5. The molecule has 150 valence electrons. The number of carbonyl (C=O) groups excluding carboxylic acids is 1. The van der Waals surface area contributed by atoms with Gasteiger partial charge in [0.2, 0.25) is 0 Å². The molecule has 3 heterocycles.